The molecule has 4 nitrogen and oxygen atoms in total. The van der Waals surface area contributed by atoms with E-state index >= 15 is 0 Å². The smallest absolute Gasteiger partial charge is 0.197 e. The molecule has 1 aromatic carbocycles. The number of allylic oxidation sites excluding steroid dienone is 1. The van der Waals surface area contributed by atoms with E-state index in [1.165, 1.54) is 12.2 Å². The zero-order chi connectivity index (χ0) is 14.0. The van der Waals surface area contributed by atoms with E-state index in [4.69, 9.17) is 23.1 Å². The molecule has 5 heteroatoms. The van der Waals surface area contributed by atoms with Crippen molar-refractivity contribution in [2.45, 2.75) is 17.5 Å². The molecule has 19 heavy (non-hydrogen) atoms. The molecule has 1 aliphatic carbocycles. The van der Waals surface area contributed by atoms with E-state index in [2.05, 4.69) is 0 Å². The molecule has 5 N–H and O–H groups in total. The van der Waals surface area contributed by atoms with Crippen molar-refractivity contribution in [3.63, 3.8) is 0 Å². The summed E-state index contributed by atoms with van der Waals surface area (Å²) in [5, 5.41) is 10.1. The molecule has 100 valence electrons. The highest BCUT2D eigenvalue weighted by Crippen LogP contribution is 2.28. The van der Waals surface area contributed by atoms with Crippen molar-refractivity contribution in [2.24, 2.45) is 11.5 Å². The van der Waals surface area contributed by atoms with Gasteiger partial charge in [0.15, 0.2) is 5.78 Å². The predicted molar refractivity (Wildman–Crippen MR) is 74.2 cm³/mol. The second-order valence-electron chi connectivity index (χ2n) is 4.55. The van der Waals surface area contributed by atoms with E-state index in [1.54, 1.807) is 24.3 Å². The number of carbonyl (C=O) groups is 1. The molecule has 0 bridgehead atoms. The number of alkyl halides is 1. The highest BCUT2D eigenvalue weighted by molar-refractivity contribution is 6.25. The Morgan fingerprint density at radius 1 is 1.37 bits per heavy atom. The van der Waals surface area contributed by atoms with Crippen molar-refractivity contribution in [3.8, 4) is 0 Å². The van der Waals surface area contributed by atoms with Crippen LogP contribution in [0.15, 0.2) is 53.8 Å². The summed E-state index contributed by atoms with van der Waals surface area (Å²) in [4.78, 5) is 11.1. The quantitative estimate of drug-likeness (QED) is 0.575. The number of benzene rings is 1. The fraction of sp³-hybridized carbons (Fsp3) is 0.214. The van der Waals surface area contributed by atoms with Crippen molar-refractivity contribution >= 4 is 17.4 Å². The third-order valence-corrected chi connectivity index (χ3v) is 3.22. The van der Waals surface area contributed by atoms with Crippen molar-refractivity contribution in [1.29, 1.82) is 0 Å². The van der Waals surface area contributed by atoms with E-state index in [-0.39, 0.29) is 12.0 Å². The number of hydrogen-bond donors (Lipinski definition) is 3. The summed E-state index contributed by atoms with van der Waals surface area (Å²) in [6, 6.07) is 8.68. The molecule has 2 unspecified atom stereocenters. The van der Waals surface area contributed by atoms with Gasteiger partial charge in [-0.15, -0.1) is 0 Å². The number of hydrogen-bond acceptors (Lipinski definition) is 4. The minimum absolute atomic E-state index is 0.174. The molecule has 0 aromatic heterocycles. The maximum absolute atomic E-state index is 12.2. The third kappa shape index (κ3) is 3.04. The van der Waals surface area contributed by atoms with Crippen LogP contribution in [-0.4, -0.2) is 15.9 Å². The molecule has 1 aromatic rings. The average Bonchev–Trinajstić information content (AvgIpc) is 2.37. The first-order valence-corrected chi connectivity index (χ1v) is 6.21. The number of rotatable bonds is 3. The largest absolute Gasteiger partial charge is 0.401 e. The Morgan fingerprint density at radius 3 is 2.58 bits per heavy atom. The third-order valence-electron chi connectivity index (χ3n) is 2.96. The van der Waals surface area contributed by atoms with Crippen LogP contribution >= 0.6 is 11.6 Å². The molecule has 2 rings (SSSR count). The first-order valence-electron chi connectivity index (χ1n) is 5.83. The Morgan fingerprint density at radius 2 is 2.00 bits per heavy atom. The molecule has 0 amide bonds. The van der Waals surface area contributed by atoms with Gasteiger partial charge in [0.25, 0.3) is 0 Å². The van der Waals surface area contributed by atoms with E-state index < -0.39 is 16.9 Å². The lowest BCUT2D eigenvalue weighted by Crippen LogP contribution is -2.36. The molecule has 0 radical (unpaired) electrons. The van der Waals surface area contributed by atoms with Gasteiger partial charge in [0, 0.05) is 17.7 Å². The van der Waals surface area contributed by atoms with E-state index in [0.717, 1.165) is 0 Å². The molecular formula is C14H15ClN2O2. The first kappa shape index (κ1) is 13.8. The zero-order valence-electron chi connectivity index (χ0n) is 10.2. The van der Waals surface area contributed by atoms with Gasteiger partial charge in [-0.05, 0) is 11.6 Å². The normalized spacial score (nSPS) is 24.4. The van der Waals surface area contributed by atoms with Gasteiger partial charge in [-0.2, -0.15) is 0 Å². The van der Waals surface area contributed by atoms with Gasteiger partial charge in [-0.1, -0.05) is 48.0 Å². The number of Topliss-reactive ketones (excluding diaryl/α,β-unsaturated/α-hetero) is 1. The predicted octanol–water partition coefficient (Wildman–Crippen LogP) is 1.36. The molecule has 2 atom stereocenters. The molecule has 1 aliphatic rings. The van der Waals surface area contributed by atoms with Crippen LogP contribution in [0.2, 0.25) is 0 Å². The summed E-state index contributed by atoms with van der Waals surface area (Å²) in [6.45, 7) is 0. The van der Waals surface area contributed by atoms with Crippen LogP contribution in [0.1, 0.15) is 18.1 Å². The van der Waals surface area contributed by atoms with Gasteiger partial charge in [0.05, 0.1) is 0 Å². The second kappa shape index (κ2) is 5.17. The number of nitrogens with two attached hydrogens (primary N) is 2. The number of aliphatic hydroxyl groups is 1. The Kier molecular flexibility index (Phi) is 3.75. The SMILES string of the molecule is NC1=C(C(=O)C(O)c2ccccc2)C=CC(N)(Cl)C1. The monoisotopic (exact) mass is 278 g/mol. The Bertz CT molecular complexity index is 550. The fourth-order valence-electron chi connectivity index (χ4n) is 1.95. The highest BCUT2D eigenvalue weighted by Gasteiger charge is 2.29. The maximum Gasteiger partial charge on any atom is 0.197 e. The summed E-state index contributed by atoms with van der Waals surface area (Å²) >= 11 is 5.94. The van der Waals surface area contributed by atoms with Crippen LogP contribution in [0.5, 0.6) is 0 Å². The van der Waals surface area contributed by atoms with Crippen molar-refractivity contribution < 1.29 is 9.90 Å². The molecule has 0 aliphatic heterocycles. The van der Waals surface area contributed by atoms with Gasteiger partial charge in [-0.3, -0.25) is 4.79 Å². The molecule has 0 spiro atoms. The van der Waals surface area contributed by atoms with Crippen molar-refractivity contribution in [2.75, 3.05) is 0 Å². The minimum atomic E-state index is -1.24. The molecule has 0 saturated carbocycles. The summed E-state index contributed by atoms with van der Waals surface area (Å²) < 4.78 is 0. The first-order chi connectivity index (χ1) is 8.91. The number of aliphatic hydroxyl groups excluding tert-OH is 1. The van der Waals surface area contributed by atoms with Crippen LogP contribution < -0.4 is 11.5 Å². The Hall–Kier alpha value is -1.62. The number of ketones is 1. The summed E-state index contributed by atoms with van der Waals surface area (Å²) in [7, 11) is 0. The minimum Gasteiger partial charge on any atom is -0.401 e. The van der Waals surface area contributed by atoms with E-state index in [0.29, 0.717) is 11.3 Å². The summed E-state index contributed by atoms with van der Waals surface area (Å²) in [5.41, 5.74) is 12.6. The lowest BCUT2D eigenvalue weighted by Gasteiger charge is -2.24. The number of halogens is 1. The zero-order valence-corrected chi connectivity index (χ0v) is 11.0. The van der Waals surface area contributed by atoms with Crippen molar-refractivity contribution in [3.05, 3.63) is 59.3 Å². The second-order valence-corrected chi connectivity index (χ2v) is 5.26. The van der Waals surface area contributed by atoms with Crippen LogP contribution in [0, 0.1) is 0 Å². The number of carbonyl (C=O) groups excluding carboxylic acids is 1. The maximum atomic E-state index is 12.2. The van der Waals surface area contributed by atoms with Gasteiger partial charge in [0.1, 0.15) is 11.1 Å². The van der Waals surface area contributed by atoms with Gasteiger partial charge in [0.2, 0.25) is 0 Å². The van der Waals surface area contributed by atoms with Crippen LogP contribution in [-0.2, 0) is 4.79 Å². The highest BCUT2D eigenvalue weighted by atomic mass is 35.5. The molecule has 0 fully saturated rings. The van der Waals surface area contributed by atoms with Gasteiger partial charge in [-0.25, -0.2) is 0 Å². The van der Waals surface area contributed by atoms with Gasteiger partial charge >= 0.3 is 0 Å². The molecule has 0 heterocycles. The fourth-order valence-corrected chi connectivity index (χ4v) is 2.16. The molecular weight excluding hydrogens is 264 g/mol. The average molecular weight is 279 g/mol. The van der Waals surface area contributed by atoms with Crippen LogP contribution in [0.4, 0.5) is 0 Å². The van der Waals surface area contributed by atoms with E-state index in [1.807, 2.05) is 6.07 Å². The van der Waals surface area contributed by atoms with Crippen LogP contribution in [0.25, 0.3) is 0 Å². The van der Waals surface area contributed by atoms with E-state index in [9.17, 15) is 9.90 Å². The summed E-state index contributed by atoms with van der Waals surface area (Å²) in [5.74, 6) is -0.452. The lowest BCUT2D eigenvalue weighted by atomic mass is 9.92. The molecule has 0 saturated heterocycles. The Labute approximate surface area is 116 Å². The van der Waals surface area contributed by atoms with Gasteiger partial charge < -0.3 is 16.6 Å². The van der Waals surface area contributed by atoms with Crippen LogP contribution in [0.3, 0.4) is 0 Å². The Balaban J connectivity index is 2.24. The topological polar surface area (TPSA) is 89.3 Å². The summed E-state index contributed by atoms with van der Waals surface area (Å²) in [6.07, 6.45) is 1.92. The van der Waals surface area contributed by atoms with Crippen molar-refractivity contribution in [1.82, 2.24) is 0 Å². The standard InChI is InChI=1S/C14H15ClN2O2/c15-14(17)7-6-10(11(16)8-14)13(19)12(18)9-4-2-1-3-5-9/h1-7,12,18H,8,16-17H2. The lowest BCUT2D eigenvalue weighted by molar-refractivity contribution is -0.123.